The van der Waals surface area contributed by atoms with Crippen LogP contribution in [0.25, 0.3) is 0 Å². The van der Waals surface area contributed by atoms with E-state index < -0.39 is 21.9 Å². The van der Waals surface area contributed by atoms with Gasteiger partial charge in [0.15, 0.2) is 0 Å². The SMILES string of the molecule is COc1ccc(N(C(C)c2ccccc2)S(=O)(=O)c2cc(F)ccc2C)cc1. The van der Waals surface area contributed by atoms with E-state index in [1.165, 1.54) is 16.4 Å². The summed E-state index contributed by atoms with van der Waals surface area (Å²) < 4.78 is 47.6. The van der Waals surface area contributed by atoms with Gasteiger partial charge in [-0.2, -0.15) is 0 Å². The number of ether oxygens (including phenoxy) is 1. The number of anilines is 1. The normalized spacial score (nSPS) is 12.4. The summed E-state index contributed by atoms with van der Waals surface area (Å²) in [5.74, 6) is 0.0293. The Balaban J connectivity index is 2.18. The topological polar surface area (TPSA) is 46.6 Å². The van der Waals surface area contributed by atoms with Crippen LogP contribution in [0.5, 0.6) is 5.75 Å². The number of aryl methyl sites for hydroxylation is 1. The Morgan fingerprint density at radius 3 is 2.21 bits per heavy atom. The number of hydrogen-bond donors (Lipinski definition) is 0. The van der Waals surface area contributed by atoms with Gasteiger partial charge in [-0.05, 0) is 61.4 Å². The minimum atomic E-state index is -4.02. The van der Waals surface area contributed by atoms with E-state index in [1.807, 2.05) is 37.3 Å². The van der Waals surface area contributed by atoms with Crippen LogP contribution in [0.15, 0.2) is 77.7 Å². The van der Waals surface area contributed by atoms with Crippen molar-refractivity contribution in [2.75, 3.05) is 11.4 Å². The molecule has 0 spiro atoms. The van der Waals surface area contributed by atoms with Crippen LogP contribution < -0.4 is 9.04 Å². The quantitative estimate of drug-likeness (QED) is 0.579. The molecular formula is C22H22FNO3S. The van der Waals surface area contributed by atoms with Gasteiger partial charge in [0.2, 0.25) is 0 Å². The summed E-state index contributed by atoms with van der Waals surface area (Å²) in [7, 11) is -2.47. The van der Waals surface area contributed by atoms with Crippen molar-refractivity contribution >= 4 is 15.7 Å². The summed E-state index contributed by atoms with van der Waals surface area (Å²) in [6.07, 6.45) is 0. The van der Waals surface area contributed by atoms with Gasteiger partial charge in [-0.15, -0.1) is 0 Å². The smallest absolute Gasteiger partial charge is 0.265 e. The molecule has 0 aliphatic heterocycles. The summed E-state index contributed by atoms with van der Waals surface area (Å²) in [5, 5.41) is 0. The molecule has 0 aliphatic carbocycles. The largest absolute Gasteiger partial charge is 0.497 e. The third-order valence-corrected chi connectivity index (χ3v) is 6.69. The molecule has 1 atom stereocenters. The summed E-state index contributed by atoms with van der Waals surface area (Å²) in [6, 6.07) is 19.4. The fraction of sp³-hybridized carbons (Fsp3) is 0.182. The van der Waals surface area contributed by atoms with Gasteiger partial charge in [0.05, 0.1) is 23.7 Å². The van der Waals surface area contributed by atoms with E-state index in [0.717, 1.165) is 11.6 Å². The summed E-state index contributed by atoms with van der Waals surface area (Å²) in [5.41, 5.74) is 1.79. The van der Waals surface area contributed by atoms with Crippen LogP contribution >= 0.6 is 0 Å². The Morgan fingerprint density at radius 1 is 0.964 bits per heavy atom. The van der Waals surface area contributed by atoms with E-state index in [1.54, 1.807) is 38.3 Å². The van der Waals surface area contributed by atoms with E-state index in [0.29, 0.717) is 17.0 Å². The molecule has 0 amide bonds. The molecule has 3 rings (SSSR count). The van der Waals surface area contributed by atoms with Crippen LogP contribution in [0.2, 0.25) is 0 Å². The predicted molar refractivity (Wildman–Crippen MR) is 109 cm³/mol. The van der Waals surface area contributed by atoms with Gasteiger partial charge in [0.25, 0.3) is 10.0 Å². The molecule has 0 N–H and O–H groups in total. The lowest BCUT2D eigenvalue weighted by atomic mass is 10.1. The highest BCUT2D eigenvalue weighted by molar-refractivity contribution is 7.92. The summed E-state index contributed by atoms with van der Waals surface area (Å²) in [4.78, 5) is -0.0499. The molecule has 146 valence electrons. The van der Waals surface area contributed by atoms with Crippen LogP contribution in [0, 0.1) is 12.7 Å². The number of halogens is 1. The third-order valence-electron chi connectivity index (χ3n) is 4.65. The number of rotatable bonds is 6. The molecule has 4 nitrogen and oxygen atoms in total. The molecule has 0 radical (unpaired) electrons. The average Bonchev–Trinajstić information content (AvgIpc) is 2.71. The van der Waals surface area contributed by atoms with Gasteiger partial charge in [-0.25, -0.2) is 12.8 Å². The number of sulfonamides is 1. The zero-order chi connectivity index (χ0) is 20.3. The number of hydrogen-bond acceptors (Lipinski definition) is 3. The molecular weight excluding hydrogens is 377 g/mol. The molecule has 0 heterocycles. The van der Waals surface area contributed by atoms with Crippen LogP contribution in [0.3, 0.4) is 0 Å². The van der Waals surface area contributed by atoms with Crippen molar-refractivity contribution in [2.24, 2.45) is 0 Å². The van der Waals surface area contributed by atoms with E-state index >= 15 is 0 Å². The van der Waals surface area contributed by atoms with Crippen molar-refractivity contribution in [3.63, 3.8) is 0 Å². The highest BCUT2D eigenvalue weighted by atomic mass is 32.2. The highest BCUT2D eigenvalue weighted by Crippen LogP contribution is 2.35. The van der Waals surface area contributed by atoms with Crippen LogP contribution in [0.1, 0.15) is 24.1 Å². The molecule has 3 aromatic rings. The van der Waals surface area contributed by atoms with Gasteiger partial charge in [-0.3, -0.25) is 4.31 Å². The first-order valence-electron chi connectivity index (χ1n) is 8.84. The Morgan fingerprint density at radius 2 is 1.61 bits per heavy atom. The van der Waals surface area contributed by atoms with Crippen molar-refractivity contribution in [2.45, 2.75) is 24.8 Å². The standard InChI is InChI=1S/C22H22FNO3S/c1-16-9-10-19(23)15-22(16)28(25,26)24(17(2)18-7-5-4-6-8-18)20-11-13-21(27-3)14-12-20/h4-15,17H,1-3H3. The molecule has 0 aromatic heterocycles. The second kappa shape index (κ2) is 8.02. The molecule has 1 unspecified atom stereocenters. The van der Waals surface area contributed by atoms with Crippen molar-refractivity contribution in [1.82, 2.24) is 0 Å². The molecule has 3 aromatic carbocycles. The van der Waals surface area contributed by atoms with E-state index in [9.17, 15) is 12.8 Å². The first-order valence-corrected chi connectivity index (χ1v) is 10.3. The minimum Gasteiger partial charge on any atom is -0.497 e. The summed E-state index contributed by atoms with van der Waals surface area (Å²) in [6.45, 7) is 3.47. The predicted octanol–water partition coefficient (Wildman–Crippen LogP) is 5.10. The fourth-order valence-electron chi connectivity index (χ4n) is 3.12. The molecule has 28 heavy (non-hydrogen) atoms. The van der Waals surface area contributed by atoms with E-state index in [2.05, 4.69) is 0 Å². The average molecular weight is 399 g/mol. The molecule has 0 saturated heterocycles. The van der Waals surface area contributed by atoms with Crippen molar-refractivity contribution in [3.8, 4) is 5.75 Å². The van der Waals surface area contributed by atoms with Crippen LogP contribution in [0.4, 0.5) is 10.1 Å². The second-order valence-electron chi connectivity index (χ2n) is 6.50. The lowest BCUT2D eigenvalue weighted by Gasteiger charge is -2.31. The van der Waals surface area contributed by atoms with Gasteiger partial charge in [-0.1, -0.05) is 36.4 Å². The molecule has 0 fully saturated rings. The minimum absolute atomic E-state index is 0.0499. The molecule has 0 bridgehead atoms. The Labute approximate surface area is 165 Å². The van der Waals surface area contributed by atoms with Gasteiger partial charge < -0.3 is 4.74 Å². The van der Waals surface area contributed by atoms with Crippen molar-refractivity contribution < 1.29 is 17.5 Å². The zero-order valence-electron chi connectivity index (χ0n) is 16.0. The molecule has 6 heteroatoms. The third kappa shape index (κ3) is 3.87. The lowest BCUT2D eigenvalue weighted by Crippen LogP contribution is -2.34. The monoisotopic (exact) mass is 399 g/mol. The lowest BCUT2D eigenvalue weighted by molar-refractivity contribution is 0.415. The number of nitrogens with zero attached hydrogens (tertiary/aromatic N) is 1. The summed E-state index contributed by atoms with van der Waals surface area (Å²) >= 11 is 0. The molecule has 0 aliphatic rings. The number of methoxy groups -OCH3 is 1. The maximum atomic E-state index is 13.9. The maximum Gasteiger partial charge on any atom is 0.265 e. The van der Waals surface area contributed by atoms with Gasteiger partial charge in [0.1, 0.15) is 11.6 Å². The fourth-order valence-corrected chi connectivity index (χ4v) is 5.01. The van der Waals surface area contributed by atoms with Gasteiger partial charge in [0, 0.05) is 0 Å². The Kier molecular flexibility index (Phi) is 5.70. The van der Waals surface area contributed by atoms with Crippen LogP contribution in [-0.2, 0) is 10.0 Å². The number of benzene rings is 3. The van der Waals surface area contributed by atoms with Gasteiger partial charge >= 0.3 is 0 Å². The maximum absolute atomic E-state index is 13.9. The van der Waals surface area contributed by atoms with Crippen molar-refractivity contribution in [3.05, 3.63) is 89.7 Å². The Bertz CT molecular complexity index is 1050. The Hall–Kier alpha value is -2.86. The van der Waals surface area contributed by atoms with Crippen molar-refractivity contribution in [1.29, 1.82) is 0 Å². The first-order chi connectivity index (χ1) is 13.3. The first kappa shape index (κ1) is 19.9. The second-order valence-corrected chi connectivity index (χ2v) is 8.28. The zero-order valence-corrected chi connectivity index (χ0v) is 16.8. The highest BCUT2D eigenvalue weighted by Gasteiger charge is 2.31. The van der Waals surface area contributed by atoms with Crippen LogP contribution in [-0.4, -0.2) is 15.5 Å². The van der Waals surface area contributed by atoms with E-state index in [4.69, 9.17) is 4.74 Å². The molecule has 0 saturated carbocycles. The van der Waals surface area contributed by atoms with E-state index in [-0.39, 0.29) is 4.90 Å².